The Kier molecular flexibility index (Phi) is 4.75. The predicted octanol–water partition coefficient (Wildman–Crippen LogP) is 4.86. The van der Waals surface area contributed by atoms with Crippen LogP contribution in [0.15, 0.2) is 72.0 Å². The van der Waals surface area contributed by atoms with Crippen LogP contribution >= 0.6 is 0 Å². The summed E-state index contributed by atoms with van der Waals surface area (Å²) >= 11 is 0. The maximum Gasteiger partial charge on any atom is 0.111 e. The highest BCUT2D eigenvalue weighted by molar-refractivity contribution is 6.04. The van der Waals surface area contributed by atoms with Gasteiger partial charge in [0.2, 0.25) is 0 Å². The first kappa shape index (κ1) is 15.7. The number of nitrogens with zero attached hydrogens (tertiary/aromatic N) is 2. The van der Waals surface area contributed by atoms with Crippen LogP contribution in [0.5, 0.6) is 0 Å². The van der Waals surface area contributed by atoms with Gasteiger partial charge in [-0.05, 0) is 30.9 Å². The van der Waals surface area contributed by atoms with E-state index in [2.05, 4.69) is 24.8 Å². The van der Waals surface area contributed by atoms with Crippen molar-refractivity contribution in [3.8, 4) is 0 Å². The molecule has 23 heavy (non-hydrogen) atoms. The number of alkyl halides is 1. The summed E-state index contributed by atoms with van der Waals surface area (Å²) in [4.78, 5) is 0. The number of hydrazone groups is 1. The average molecular weight is 310 g/mol. The lowest BCUT2D eigenvalue weighted by Crippen LogP contribution is -2.36. The van der Waals surface area contributed by atoms with E-state index in [9.17, 15) is 4.39 Å². The minimum Gasteiger partial charge on any atom is -0.258 e. The van der Waals surface area contributed by atoms with Gasteiger partial charge in [-0.3, -0.25) is 5.01 Å². The molecule has 0 aromatic heterocycles. The first-order valence-electron chi connectivity index (χ1n) is 8.32. The molecule has 3 rings (SSSR count). The Balaban J connectivity index is 2.03. The van der Waals surface area contributed by atoms with Crippen molar-refractivity contribution in [1.82, 2.24) is 5.01 Å². The summed E-state index contributed by atoms with van der Waals surface area (Å²) in [6, 6.07) is 9.77. The summed E-state index contributed by atoms with van der Waals surface area (Å²) in [5.74, 6) is -0.281. The molecule has 2 aliphatic rings. The Morgan fingerprint density at radius 2 is 2.13 bits per heavy atom. The van der Waals surface area contributed by atoms with Gasteiger partial charge < -0.3 is 0 Å². The van der Waals surface area contributed by atoms with Crippen molar-refractivity contribution in [3.63, 3.8) is 0 Å². The topological polar surface area (TPSA) is 15.6 Å². The number of halogens is 1. The maximum absolute atomic E-state index is 14.8. The zero-order chi connectivity index (χ0) is 16.2. The molecule has 0 amide bonds. The third kappa shape index (κ3) is 3.00. The molecular weight excluding hydrogens is 287 g/mol. The van der Waals surface area contributed by atoms with E-state index >= 15 is 0 Å². The second-order valence-electron chi connectivity index (χ2n) is 5.98. The minimum atomic E-state index is -0.935. The van der Waals surface area contributed by atoms with Crippen molar-refractivity contribution in [3.05, 3.63) is 72.5 Å². The highest BCUT2D eigenvalue weighted by atomic mass is 19.1. The van der Waals surface area contributed by atoms with Crippen molar-refractivity contribution in [2.75, 3.05) is 0 Å². The average Bonchev–Trinajstić information content (AvgIpc) is 3.02. The number of allylic oxidation sites excluding steroid dienone is 3. The van der Waals surface area contributed by atoms with E-state index in [0.717, 1.165) is 29.8 Å². The summed E-state index contributed by atoms with van der Waals surface area (Å²) in [5, 5.41) is 6.75. The van der Waals surface area contributed by atoms with E-state index in [1.807, 2.05) is 48.3 Å². The molecule has 0 saturated heterocycles. The van der Waals surface area contributed by atoms with E-state index in [1.54, 1.807) is 0 Å². The Morgan fingerprint density at radius 1 is 1.35 bits per heavy atom. The fourth-order valence-electron chi connectivity index (χ4n) is 3.31. The SMILES string of the molecule is C=CC1C(C(F)CC)C(c2ccccc2)=NN1C1=CCCC=C1. The van der Waals surface area contributed by atoms with Gasteiger partial charge >= 0.3 is 0 Å². The van der Waals surface area contributed by atoms with Crippen LogP contribution in [0.1, 0.15) is 31.7 Å². The number of hydrogen-bond acceptors (Lipinski definition) is 2. The van der Waals surface area contributed by atoms with Crippen LogP contribution < -0.4 is 0 Å². The van der Waals surface area contributed by atoms with Crippen LogP contribution in [-0.2, 0) is 0 Å². The first-order chi connectivity index (χ1) is 11.3. The van der Waals surface area contributed by atoms with Crippen LogP contribution in [0.3, 0.4) is 0 Å². The molecule has 1 aromatic carbocycles. The Morgan fingerprint density at radius 3 is 2.74 bits per heavy atom. The lowest BCUT2D eigenvalue weighted by molar-refractivity contribution is 0.206. The van der Waals surface area contributed by atoms with Gasteiger partial charge in [-0.15, -0.1) is 6.58 Å². The van der Waals surface area contributed by atoms with Crippen LogP contribution in [0.2, 0.25) is 0 Å². The smallest absolute Gasteiger partial charge is 0.111 e. The molecule has 2 nitrogen and oxygen atoms in total. The normalized spacial score (nSPS) is 25.0. The molecule has 1 aliphatic carbocycles. The zero-order valence-corrected chi connectivity index (χ0v) is 13.5. The molecule has 0 radical (unpaired) electrons. The second-order valence-corrected chi connectivity index (χ2v) is 5.98. The molecule has 0 saturated carbocycles. The van der Waals surface area contributed by atoms with Crippen molar-refractivity contribution < 1.29 is 4.39 Å². The van der Waals surface area contributed by atoms with Gasteiger partial charge in [0, 0.05) is 0 Å². The van der Waals surface area contributed by atoms with Gasteiger partial charge in [-0.2, -0.15) is 5.10 Å². The lowest BCUT2D eigenvalue weighted by Gasteiger charge is -2.28. The summed E-state index contributed by atoms with van der Waals surface area (Å²) in [6.07, 6.45) is 9.81. The highest BCUT2D eigenvalue weighted by Gasteiger charge is 2.41. The quantitative estimate of drug-likeness (QED) is 0.709. The van der Waals surface area contributed by atoms with Crippen LogP contribution in [-0.4, -0.2) is 22.9 Å². The molecule has 1 aliphatic heterocycles. The summed E-state index contributed by atoms with van der Waals surface area (Å²) in [7, 11) is 0. The number of rotatable bonds is 5. The fraction of sp³-hybridized carbons (Fsp3) is 0.350. The Labute approximate surface area is 137 Å². The Hall–Kier alpha value is -2.16. The van der Waals surface area contributed by atoms with E-state index in [1.165, 1.54) is 0 Å². The van der Waals surface area contributed by atoms with Gasteiger partial charge in [-0.25, -0.2) is 4.39 Å². The predicted molar refractivity (Wildman–Crippen MR) is 93.9 cm³/mol. The third-order valence-corrected chi connectivity index (χ3v) is 4.51. The molecule has 120 valence electrons. The standard InChI is InChI=1S/C20H23FN2/c1-3-17(21)19-18(4-2)23(16-13-9-6-10-14-16)22-20(19)15-11-7-5-8-12-15/h4-5,7-9,11-14,17-19H,2-3,6,10H2,1H3. The molecule has 3 atom stereocenters. The zero-order valence-electron chi connectivity index (χ0n) is 13.5. The lowest BCUT2D eigenvalue weighted by atomic mass is 9.86. The van der Waals surface area contributed by atoms with Crippen molar-refractivity contribution in [1.29, 1.82) is 0 Å². The van der Waals surface area contributed by atoms with Gasteiger partial charge in [-0.1, -0.05) is 55.5 Å². The van der Waals surface area contributed by atoms with Crippen molar-refractivity contribution in [2.45, 2.75) is 38.4 Å². The largest absolute Gasteiger partial charge is 0.258 e. The second kappa shape index (κ2) is 6.95. The van der Waals surface area contributed by atoms with Gasteiger partial charge in [0.05, 0.1) is 23.4 Å². The van der Waals surface area contributed by atoms with E-state index in [4.69, 9.17) is 5.10 Å². The van der Waals surface area contributed by atoms with Crippen molar-refractivity contribution in [2.24, 2.45) is 11.0 Å². The van der Waals surface area contributed by atoms with E-state index in [-0.39, 0.29) is 12.0 Å². The molecule has 1 aromatic rings. The Bertz CT molecular complexity index is 645. The summed E-state index contributed by atoms with van der Waals surface area (Å²) in [5.41, 5.74) is 2.86. The third-order valence-electron chi connectivity index (χ3n) is 4.51. The fourth-order valence-corrected chi connectivity index (χ4v) is 3.31. The molecule has 0 spiro atoms. The number of benzene rings is 1. The molecule has 0 fully saturated rings. The highest BCUT2D eigenvalue weighted by Crippen LogP contribution is 2.35. The maximum atomic E-state index is 14.8. The van der Waals surface area contributed by atoms with Crippen LogP contribution in [0.4, 0.5) is 4.39 Å². The summed E-state index contributed by atoms with van der Waals surface area (Å²) in [6.45, 7) is 5.83. The van der Waals surface area contributed by atoms with E-state index < -0.39 is 6.17 Å². The number of hydrogen-bond donors (Lipinski definition) is 0. The molecule has 3 unspecified atom stereocenters. The van der Waals surface area contributed by atoms with Crippen LogP contribution in [0.25, 0.3) is 0 Å². The minimum absolute atomic E-state index is 0.144. The summed E-state index contributed by atoms with van der Waals surface area (Å²) < 4.78 is 14.8. The first-order valence-corrected chi connectivity index (χ1v) is 8.32. The monoisotopic (exact) mass is 310 g/mol. The molecule has 1 heterocycles. The van der Waals surface area contributed by atoms with Crippen molar-refractivity contribution >= 4 is 5.71 Å². The molecule has 0 bridgehead atoms. The molecule has 3 heteroatoms. The van der Waals surface area contributed by atoms with Gasteiger partial charge in [0.25, 0.3) is 0 Å². The molecular formula is C20H23FN2. The molecule has 0 N–H and O–H groups in total. The van der Waals surface area contributed by atoms with Gasteiger partial charge in [0.1, 0.15) is 6.17 Å². The van der Waals surface area contributed by atoms with Gasteiger partial charge in [0.15, 0.2) is 0 Å². The van der Waals surface area contributed by atoms with Crippen LogP contribution in [0, 0.1) is 5.92 Å². The van der Waals surface area contributed by atoms with E-state index in [0.29, 0.717) is 6.42 Å².